The number of hydrogen-bond acceptors (Lipinski definition) is 6. The normalized spacial score (nSPS) is 10.3. The fraction of sp³-hybridized carbons (Fsp3) is 0.231. The van der Waals surface area contributed by atoms with Crippen LogP contribution in [0.15, 0.2) is 28.2 Å². The van der Waals surface area contributed by atoms with Gasteiger partial charge in [0.05, 0.1) is 31.1 Å². The lowest BCUT2D eigenvalue weighted by atomic mass is 10.2. The van der Waals surface area contributed by atoms with Crippen molar-refractivity contribution in [3.8, 4) is 0 Å². The smallest absolute Gasteiger partial charge is 0.340 e. The molecule has 0 aliphatic rings. The zero-order chi connectivity index (χ0) is 14.7. The summed E-state index contributed by atoms with van der Waals surface area (Å²) in [5.74, 6) is 0.211. The number of nitrogen functional groups attached to an aromatic ring is 1. The number of methoxy groups -OCH3 is 1. The highest BCUT2D eigenvalue weighted by atomic mass is 79.9. The van der Waals surface area contributed by atoms with Crippen LogP contribution in [0.2, 0.25) is 0 Å². The standard InChI is InChI=1S/C13H14BrN3O2S/c1-17(6-9-3-8(14)7-20-9)12-4-10(13(18)19-2)11(15)5-16-12/h3-5,7H,6,15H2,1-2H3. The van der Waals surface area contributed by atoms with E-state index in [-0.39, 0.29) is 0 Å². The van der Waals surface area contributed by atoms with Crippen LogP contribution in [-0.2, 0) is 11.3 Å². The first-order valence-electron chi connectivity index (χ1n) is 5.79. The Morgan fingerprint density at radius 2 is 2.30 bits per heavy atom. The lowest BCUT2D eigenvalue weighted by molar-refractivity contribution is 0.0602. The minimum absolute atomic E-state index is 0.313. The van der Waals surface area contributed by atoms with Gasteiger partial charge in [-0.2, -0.15) is 0 Å². The lowest BCUT2D eigenvalue weighted by Crippen LogP contribution is -2.18. The molecule has 0 bridgehead atoms. The van der Waals surface area contributed by atoms with Crippen molar-refractivity contribution in [2.45, 2.75) is 6.54 Å². The van der Waals surface area contributed by atoms with E-state index in [1.54, 1.807) is 17.4 Å². The number of nitrogens with two attached hydrogens (primary N) is 1. The van der Waals surface area contributed by atoms with Crippen LogP contribution in [0.5, 0.6) is 0 Å². The quantitative estimate of drug-likeness (QED) is 0.854. The number of nitrogens with zero attached hydrogens (tertiary/aromatic N) is 2. The number of anilines is 2. The van der Waals surface area contributed by atoms with Crippen molar-refractivity contribution in [1.29, 1.82) is 0 Å². The van der Waals surface area contributed by atoms with Crippen LogP contribution in [0.25, 0.3) is 0 Å². The van der Waals surface area contributed by atoms with Gasteiger partial charge < -0.3 is 15.4 Å². The molecule has 0 aliphatic heterocycles. The molecule has 0 radical (unpaired) electrons. The number of esters is 1. The second kappa shape index (κ2) is 6.23. The zero-order valence-electron chi connectivity index (χ0n) is 11.1. The van der Waals surface area contributed by atoms with E-state index in [0.29, 0.717) is 23.6 Å². The zero-order valence-corrected chi connectivity index (χ0v) is 13.5. The molecule has 0 saturated heterocycles. The highest BCUT2D eigenvalue weighted by Crippen LogP contribution is 2.24. The highest BCUT2D eigenvalue weighted by molar-refractivity contribution is 9.10. The maximum Gasteiger partial charge on any atom is 0.340 e. The van der Waals surface area contributed by atoms with Crippen LogP contribution in [0, 0.1) is 0 Å². The Morgan fingerprint density at radius 3 is 2.90 bits per heavy atom. The summed E-state index contributed by atoms with van der Waals surface area (Å²) in [6.07, 6.45) is 1.47. The summed E-state index contributed by atoms with van der Waals surface area (Å²) in [5, 5.41) is 2.03. The average Bonchev–Trinajstić information content (AvgIpc) is 2.83. The summed E-state index contributed by atoms with van der Waals surface area (Å²) in [5.41, 5.74) is 6.38. The predicted molar refractivity (Wildman–Crippen MR) is 84.1 cm³/mol. The van der Waals surface area contributed by atoms with Gasteiger partial charge in [-0.3, -0.25) is 0 Å². The largest absolute Gasteiger partial charge is 0.465 e. The fourth-order valence-electron chi connectivity index (χ4n) is 1.70. The Bertz CT molecular complexity index is 630. The molecular formula is C13H14BrN3O2S. The van der Waals surface area contributed by atoms with Crippen LogP contribution in [0.1, 0.15) is 15.2 Å². The molecule has 20 heavy (non-hydrogen) atoms. The van der Waals surface area contributed by atoms with Gasteiger partial charge in [-0.25, -0.2) is 9.78 Å². The number of halogens is 1. The van der Waals surface area contributed by atoms with E-state index in [0.717, 1.165) is 4.47 Å². The molecule has 106 valence electrons. The van der Waals surface area contributed by atoms with Crippen molar-refractivity contribution in [3.63, 3.8) is 0 Å². The summed E-state index contributed by atoms with van der Waals surface area (Å²) in [6.45, 7) is 0.702. The van der Waals surface area contributed by atoms with Crippen LogP contribution < -0.4 is 10.6 Å². The number of rotatable bonds is 4. The first-order valence-corrected chi connectivity index (χ1v) is 7.46. The Labute approximate surface area is 129 Å². The van der Waals surface area contributed by atoms with E-state index >= 15 is 0 Å². The van der Waals surface area contributed by atoms with Crippen molar-refractivity contribution in [1.82, 2.24) is 4.98 Å². The number of carbonyl (C=O) groups excluding carboxylic acids is 1. The molecule has 2 rings (SSSR count). The maximum absolute atomic E-state index is 11.6. The van der Waals surface area contributed by atoms with Crippen LogP contribution in [0.3, 0.4) is 0 Å². The van der Waals surface area contributed by atoms with Crippen molar-refractivity contribution >= 4 is 44.7 Å². The van der Waals surface area contributed by atoms with Gasteiger partial charge in [-0.1, -0.05) is 0 Å². The molecule has 2 heterocycles. The molecule has 0 amide bonds. The molecule has 0 aromatic carbocycles. The van der Waals surface area contributed by atoms with E-state index in [2.05, 4.69) is 27.0 Å². The number of carbonyl (C=O) groups is 1. The summed E-state index contributed by atoms with van der Waals surface area (Å²) < 4.78 is 5.77. The molecular weight excluding hydrogens is 342 g/mol. The Hall–Kier alpha value is -1.60. The van der Waals surface area contributed by atoms with E-state index in [4.69, 9.17) is 10.5 Å². The second-order valence-corrected chi connectivity index (χ2v) is 6.12. The van der Waals surface area contributed by atoms with Crippen LogP contribution >= 0.6 is 27.3 Å². The van der Waals surface area contributed by atoms with Gasteiger partial charge in [0, 0.05) is 21.8 Å². The minimum Gasteiger partial charge on any atom is -0.465 e. The first kappa shape index (κ1) is 14.8. The van der Waals surface area contributed by atoms with Gasteiger partial charge >= 0.3 is 5.97 Å². The van der Waals surface area contributed by atoms with Gasteiger partial charge in [-0.05, 0) is 28.1 Å². The first-order chi connectivity index (χ1) is 9.51. The molecule has 0 aliphatic carbocycles. The Balaban J connectivity index is 2.21. The third-order valence-electron chi connectivity index (χ3n) is 2.73. The van der Waals surface area contributed by atoms with Gasteiger partial charge in [0.15, 0.2) is 0 Å². The molecule has 0 atom stereocenters. The fourth-order valence-corrected chi connectivity index (χ4v) is 3.21. The van der Waals surface area contributed by atoms with E-state index in [9.17, 15) is 4.79 Å². The third kappa shape index (κ3) is 3.29. The molecule has 0 spiro atoms. The van der Waals surface area contributed by atoms with Gasteiger partial charge in [0.1, 0.15) is 5.82 Å². The number of thiophene rings is 1. The Morgan fingerprint density at radius 1 is 1.55 bits per heavy atom. The molecule has 2 aromatic heterocycles. The molecule has 0 saturated carbocycles. The van der Waals surface area contributed by atoms with E-state index in [1.165, 1.54) is 18.2 Å². The number of hydrogen-bond donors (Lipinski definition) is 1. The van der Waals surface area contributed by atoms with Gasteiger partial charge in [0.2, 0.25) is 0 Å². The molecule has 5 nitrogen and oxygen atoms in total. The molecule has 2 aromatic rings. The number of aromatic nitrogens is 1. The minimum atomic E-state index is -0.460. The van der Waals surface area contributed by atoms with Gasteiger partial charge in [0.25, 0.3) is 0 Å². The third-order valence-corrected chi connectivity index (χ3v) is 4.41. The average molecular weight is 356 g/mol. The molecule has 2 N–H and O–H groups in total. The summed E-state index contributed by atoms with van der Waals surface area (Å²) in [6, 6.07) is 3.70. The monoisotopic (exact) mass is 355 g/mol. The molecule has 0 fully saturated rings. The van der Waals surface area contributed by atoms with Gasteiger partial charge in [-0.15, -0.1) is 11.3 Å². The van der Waals surface area contributed by atoms with E-state index < -0.39 is 5.97 Å². The molecule has 0 unspecified atom stereocenters. The maximum atomic E-state index is 11.6. The Kier molecular flexibility index (Phi) is 4.61. The van der Waals surface area contributed by atoms with Crippen LogP contribution in [0.4, 0.5) is 11.5 Å². The molecule has 7 heteroatoms. The summed E-state index contributed by atoms with van der Waals surface area (Å²) >= 11 is 5.08. The topological polar surface area (TPSA) is 68.5 Å². The predicted octanol–water partition coefficient (Wildman–Crippen LogP) is 2.91. The number of ether oxygens (including phenoxy) is 1. The SMILES string of the molecule is COC(=O)c1cc(N(C)Cc2cc(Br)cs2)ncc1N. The highest BCUT2D eigenvalue weighted by Gasteiger charge is 2.14. The lowest BCUT2D eigenvalue weighted by Gasteiger charge is -2.18. The van der Waals surface area contributed by atoms with E-state index in [1.807, 2.05) is 17.3 Å². The van der Waals surface area contributed by atoms with Crippen molar-refractivity contribution < 1.29 is 9.53 Å². The summed E-state index contributed by atoms with van der Waals surface area (Å²) in [7, 11) is 3.24. The van der Waals surface area contributed by atoms with Crippen molar-refractivity contribution in [2.75, 3.05) is 24.8 Å². The van der Waals surface area contributed by atoms with Crippen molar-refractivity contribution in [3.05, 3.63) is 38.6 Å². The summed E-state index contributed by atoms with van der Waals surface area (Å²) in [4.78, 5) is 19.0. The second-order valence-electron chi connectivity index (χ2n) is 4.21. The van der Waals surface area contributed by atoms with Crippen molar-refractivity contribution in [2.24, 2.45) is 0 Å². The van der Waals surface area contributed by atoms with Crippen LogP contribution in [-0.4, -0.2) is 25.1 Å². The number of pyridine rings is 1.